The maximum absolute atomic E-state index is 2.47. The van der Waals surface area contributed by atoms with Gasteiger partial charge in [0.2, 0.25) is 0 Å². The third-order valence-electron chi connectivity index (χ3n) is 10.5. The van der Waals surface area contributed by atoms with E-state index in [0.717, 1.165) is 17.1 Å². The smallest absolute Gasteiger partial charge is 0.0640 e. The van der Waals surface area contributed by atoms with Crippen LogP contribution in [0.3, 0.4) is 0 Å². The summed E-state index contributed by atoms with van der Waals surface area (Å²) in [6.45, 7) is 0. The Hall–Kier alpha value is -6.42. The normalized spacial score (nSPS) is 11.9. The van der Waals surface area contributed by atoms with Crippen LogP contribution in [0.25, 0.3) is 80.0 Å². The van der Waals surface area contributed by atoms with Crippen molar-refractivity contribution >= 4 is 103 Å². The van der Waals surface area contributed by atoms with Gasteiger partial charge in [-0.3, -0.25) is 0 Å². The first-order valence-electron chi connectivity index (χ1n) is 17.4. The Kier molecular flexibility index (Phi) is 6.16. The maximum atomic E-state index is 2.47. The van der Waals surface area contributed by atoms with Crippen LogP contribution in [0.15, 0.2) is 182 Å². The molecule has 0 atom stereocenters. The van der Waals surface area contributed by atoms with Crippen LogP contribution in [0.4, 0.5) is 17.1 Å². The first kappa shape index (κ1) is 28.4. The Balaban J connectivity index is 1.21. The quantitative estimate of drug-likeness (QED) is 0.170. The topological polar surface area (TPSA) is 8.17 Å². The highest BCUT2D eigenvalue weighted by atomic mass is 32.1. The minimum Gasteiger partial charge on any atom is -0.309 e. The average Bonchev–Trinajstić information content (AvgIpc) is 3.74. The number of rotatable bonds is 4. The Labute approximate surface area is 298 Å². The van der Waals surface area contributed by atoms with Crippen LogP contribution >= 0.6 is 11.3 Å². The fourth-order valence-corrected chi connectivity index (χ4v) is 9.46. The van der Waals surface area contributed by atoms with Gasteiger partial charge in [-0.2, -0.15) is 0 Å². The molecule has 238 valence electrons. The van der Waals surface area contributed by atoms with Gasteiger partial charge in [-0.25, -0.2) is 0 Å². The molecule has 0 radical (unpaired) electrons. The highest BCUT2D eigenvalue weighted by Crippen LogP contribution is 2.47. The van der Waals surface area contributed by atoms with Gasteiger partial charge in [0.1, 0.15) is 0 Å². The van der Waals surface area contributed by atoms with E-state index in [1.54, 1.807) is 0 Å². The van der Waals surface area contributed by atoms with Gasteiger partial charge in [-0.05, 0) is 86.9 Å². The molecule has 0 aliphatic heterocycles. The number of aromatic nitrogens is 1. The highest BCUT2D eigenvalue weighted by molar-refractivity contribution is 7.26. The molecule has 2 aromatic heterocycles. The summed E-state index contributed by atoms with van der Waals surface area (Å²) >= 11 is 1.87. The van der Waals surface area contributed by atoms with E-state index in [0.29, 0.717) is 0 Å². The Morgan fingerprint density at radius 3 is 1.90 bits per heavy atom. The molecule has 0 unspecified atom stereocenters. The van der Waals surface area contributed by atoms with Crippen molar-refractivity contribution in [2.45, 2.75) is 0 Å². The largest absolute Gasteiger partial charge is 0.309 e. The van der Waals surface area contributed by atoms with Gasteiger partial charge in [0.25, 0.3) is 0 Å². The van der Waals surface area contributed by atoms with Crippen molar-refractivity contribution < 1.29 is 0 Å². The predicted molar refractivity (Wildman–Crippen MR) is 221 cm³/mol. The van der Waals surface area contributed by atoms with Gasteiger partial charge in [-0.15, -0.1) is 11.3 Å². The minimum atomic E-state index is 1.12. The SMILES string of the molecule is c1ccc(-n2c3ccccc3c3ccc(N(c4ccc5c(ccc6ccc7ccccc7c65)c4)c4cccc5c4sc4ccccc45)cc32)cc1. The second-order valence-corrected chi connectivity index (χ2v) is 14.4. The molecule has 0 saturated heterocycles. The molecular weight excluding hydrogens is 637 g/mol. The van der Waals surface area contributed by atoms with Crippen molar-refractivity contribution in [1.29, 1.82) is 0 Å². The summed E-state index contributed by atoms with van der Waals surface area (Å²) < 4.78 is 4.99. The molecule has 0 aliphatic rings. The van der Waals surface area contributed by atoms with Crippen LogP contribution in [0.5, 0.6) is 0 Å². The molecule has 2 nitrogen and oxygen atoms in total. The van der Waals surface area contributed by atoms with Crippen molar-refractivity contribution in [2.24, 2.45) is 0 Å². The summed E-state index contributed by atoms with van der Waals surface area (Å²) in [6.07, 6.45) is 0. The van der Waals surface area contributed by atoms with Crippen LogP contribution < -0.4 is 4.90 Å². The molecular formula is C48H30N2S. The lowest BCUT2D eigenvalue weighted by Crippen LogP contribution is -2.10. The van der Waals surface area contributed by atoms with Crippen molar-refractivity contribution in [3.05, 3.63) is 182 Å². The lowest BCUT2D eigenvalue weighted by molar-refractivity contribution is 1.18. The Bertz CT molecular complexity index is 3150. The number of fused-ring (bicyclic) bond motifs is 11. The van der Waals surface area contributed by atoms with Crippen LogP contribution in [-0.2, 0) is 0 Å². The van der Waals surface area contributed by atoms with Gasteiger partial charge < -0.3 is 9.47 Å². The molecule has 0 saturated carbocycles. The molecule has 11 aromatic rings. The molecule has 0 aliphatic carbocycles. The molecule has 0 spiro atoms. The van der Waals surface area contributed by atoms with Gasteiger partial charge in [0.05, 0.1) is 21.4 Å². The van der Waals surface area contributed by atoms with E-state index in [1.165, 1.54) is 80.0 Å². The predicted octanol–water partition coefficient (Wildman–Crippen LogP) is 14.1. The highest BCUT2D eigenvalue weighted by Gasteiger charge is 2.21. The molecule has 11 rings (SSSR count). The van der Waals surface area contributed by atoms with E-state index in [4.69, 9.17) is 0 Å². The van der Waals surface area contributed by atoms with E-state index in [2.05, 4.69) is 191 Å². The summed E-state index contributed by atoms with van der Waals surface area (Å²) in [4.78, 5) is 2.47. The first-order valence-corrected chi connectivity index (χ1v) is 18.3. The summed E-state index contributed by atoms with van der Waals surface area (Å²) in [7, 11) is 0. The molecule has 3 heteroatoms. The van der Waals surface area contributed by atoms with E-state index in [-0.39, 0.29) is 0 Å². The molecule has 51 heavy (non-hydrogen) atoms. The summed E-state index contributed by atoms with van der Waals surface area (Å²) in [5, 5.41) is 12.7. The second kappa shape index (κ2) is 11.0. The van der Waals surface area contributed by atoms with Crippen molar-refractivity contribution in [2.75, 3.05) is 4.90 Å². The zero-order valence-electron chi connectivity index (χ0n) is 27.6. The van der Waals surface area contributed by atoms with Crippen LogP contribution in [-0.4, -0.2) is 4.57 Å². The van der Waals surface area contributed by atoms with Crippen LogP contribution in [0, 0.1) is 0 Å². The number of anilines is 3. The minimum absolute atomic E-state index is 1.12. The van der Waals surface area contributed by atoms with Crippen LogP contribution in [0.2, 0.25) is 0 Å². The summed E-state index contributed by atoms with van der Waals surface area (Å²) in [5.74, 6) is 0. The van der Waals surface area contributed by atoms with Gasteiger partial charge in [-0.1, -0.05) is 127 Å². The average molecular weight is 667 g/mol. The van der Waals surface area contributed by atoms with Crippen LogP contribution in [0.1, 0.15) is 0 Å². The molecule has 0 N–H and O–H groups in total. The molecule has 0 bridgehead atoms. The van der Waals surface area contributed by atoms with Gasteiger partial charge in [0, 0.05) is 43.3 Å². The fourth-order valence-electron chi connectivity index (χ4n) is 8.25. The maximum Gasteiger partial charge on any atom is 0.0640 e. The summed E-state index contributed by atoms with van der Waals surface area (Å²) in [6, 6.07) is 66.8. The zero-order chi connectivity index (χ0) is 33.5. The first-order chi connectivity index (χ1) is 25.3. The monoisotopic (exact) mass is 666 g/mol. The second-order valence-electron chi connectivity index (χ2n) is 13.3. The molecule has 0 fully saturated rings. The number of thiophene rings is 1. The van der Waals surface area contributed by atoms with E-state index >= 15 is 0 Å². The van der Waals surface area contributed by atoms with Gasteiger partial charge in [0.15, 0.2) is 0 Å². The number of para-hydroxylation sites is 2. The van der Waals surface area contributed by atoms with Crippen molar-refractivity contribution in [3.63, 3.8) is 0 Å². The van der Waals surface area contributed by atoms with E-state index in [9.17, 15) is 0 Å². The number of hydrogen-bond donors (Lipinski definition) is 0. The lowest BCUT2D eigenvalue weighted by atomic mass is 9.96. The molecule has 2 heterocycles. The number of nitrogens with zero attached hydrogens (tertiary/aromatic N) is 2. The fraction of sp³-hybridized carbons (Fsp3) is 0. The third kappa shape index (κ3) is 4.29. The third-order valence-corrected chi connectivity index (χ3v) is 11.7. The number of hydrogen-bond acceptors (Lipinski definition) is 2. The lowest BCUT2D eigenvalue weighted by Gasteiger charge is -2.27. The van der Waals surface area contributed by atoms with Crippen molar-refractivity contribution in [3.8, 4) is 5.69 Å². The van der Waals surface area contributed by atoms with Gasteiger partial charge >= 0.3 is 0 Å². The zero-order valence-corrected chi connectivity index (χ0v) is 28.4. The standard InChI is InChI=1S/C48H30N2S/c1-2-12-34(13-3-1)50-43-18-8-6-15-39(43)40-28-26-36(30-45(40)50)49(44-19-10-17-42-41-16-7-9-20-46(41)51-48(42)44)35-25-27-38-33(29-35)24-23-32-22-21-31-11-4-5-14-37(31)47(32)38/h1-30H. The molecule has 0 amide bonds. The van der Waals surface area contributed by atoms with E-state index in [1.807, 2.05) is 11.3 Å². The summed E-state index contributed by atoms with van der Waals surface area (Å²) in [5.41, 5.74) is 6.99. The Morgan fingerprint density at radius 1 is 0.392 bits per heavy atom. The number of benzene rings is 9. The Morgan fingerprint density at radius 2 is 1.02 bits per heavy atom. The molecule has 9 aromatic carbocycles. The van der Waals surface area contributed by atoms with Crippen molar-refractivity contribution in [1.82, 2.24) is 4.57 Å². The van der Waals surface area contributed by atoms with E-state index < -0.39 is 0 Å².